The van der Waals surface area contributed by atoms with Crippen molar-refractivity contribution in [2.75, 3.05) is 72.5 Å². The van der Waals surface area contributed by atoms with E-state index in [1.54, 1.807) is 12.1 Å². The maximum atomic E-state index is 13.8. The first-order valence-electron chi connectivity index (χ1n) is 32.6. The Morgan fingerprint density at radius 1 is 0.593 bits per heavy atom. The lowest BCUT2D eigenvalue weighted by Crippen LogP contribution is -2.58. The Balaban J connectivity index is 1.39. The fraction of sp³-hybridized carbons (Fsp3) is 0.769. The van der Waals surface area contributed by atoms with Gasteiger partial charge in [-0.2, -0.15) is 0 Å². The molecule has 0 bridgehead atoms. The summed E-state index contributed by atoms with van der Waals surface area (Å²) in [6.07, 6.45) is 24.9. The van der Waals surface area contributed by atoms with Crippen LogP contribution >= 0.6 is 0 Å². The van der Waals surface area contributed by atoms with Gasteiger partial charge in [-0.25, -0.2) is 10.9 Å². The van der Waals surface area contributed by atoms with Gasteiger partial charge in [0.2, 0.25) is 29.3 Å². The number of hydrogen-bond acceptors (Lipinski definition) is 17. The molecule has 1 aliphatic heterocycles. The van der Waals surface area contributed by atoms with Crippen molar-refractivity contribution in [2.45, 2.75) is 244 Å². The van der Waals surface area contributed by atoms with Crippen LogP contribution in [0.4, 0.5) is 0 Å². The third-order valence-corrected chi connectivity index (χ3v) is 15.7. The Morgan fingerprint density at radius 2 is 1.10 bits per heavy atom. The number of carbonyl (C=O) groups excluding carboxylic acids is 8. The quantitative estimate of drug-likeness (QED) is 0.0185. The number of hydrazine groups is 1. The first kappa shape index (κ1) is 77.1. The molecular weight excluding hydrogens is 1100 g/mol. The number of nitrogens with two attached hydrogens (primary N) is 1. The molecule has 2 rings (SSSR count). The van der Waals surface area contributed by atoms with Crippen LogP contribution in [0.15, 0.2) is 24.3 Å². The number of amides is 3. The molecule has 1 aromatic rings. The fourth-order valence-electron chi connectivity index (χ4n) is 10.2. The lowest BCUT2D eigenvalue weighted by Gasteiger charge is -2.29. The zero-order chi connectivity index (χ0) is 63.0. The number of carboxylic acids is 1. The van der Waals surface area contributed by atoms with E-state index in [2.05, 4.69) is 21.5 Å². The molecule has 1 aromatic carbocycles. The summed E-state index contributed by atoms with van der Waals surface area (Å²) >= 11 is 0. The number of benzene rings is 1. The highest BCUT2D eigenvalue weighted by Crippen LogP contribution is 2.23. The Kier molecular flexibility index (Phi) is 44.7. The minimum absolute atomic E-state index is 0.0668. The van der Waals surface area contributed by atoms with E-state index >= 15 is 0 Å². The number of carbonyl (C=O) groups is 9. The zero-order valence-corrected chi connectivity index (χ0v) is 52.6. The number of phenols is 1. The first-order valence-corrected chi connectivity index (χ1v) is 32.6. The summed E-state index contributed by atoms with van der Waals surface area (Å²) in [7, 11) is 0. The third-order valence-electron chi connectivity index (χ3n) is 15.7. The molecule has 21 heteroatoms. The Hall–Kier alpha value is -5.03. The van der Waals surface area contributed by atoms with Gasteiger partial charge < -0.3 is 50.4 Å². The number of likely N-dealkylation sites (tertiary alicyclic amines) is 1. The van der Waals surface area contributed by atoms with Crippen LogP contribution in [0.2, 0.25) is 0 Å². The molecule has 3 amide bonds. The van der Waals surface area contributed by atoms with Gasteiger partial charge in [-0.1, -0.05) is 109 Å². The van der Waals surface area contributed by atoms with Gasteiger partial charge in [-0.05, 0) is 114 Å². The molecule has 1 saturated heterocycles. The molecule has 0 spiro atoms. The van der Waals surface area contributed by atoms with Crippen molar-refractivity contribution < 1.29 is 72.3 Å². The lowest BCUT2D eigenvalue weighted by molar-refractivity contribution is -0.145. The van der Waals surface area contributed by atoms with Crippen LogP contribution in [0.5, 0.6) is 5.75 Å². The summed E-state index contributed by atoms with van der Waals surface area (Å²) in [5.41, 5.74) is 13.0. The minimum atomic E-state index is -0.948. The largest absolute Gasteiger partial charge is 0.508 e. The standard InChI is InChI=1S/C65H110N6O15/c1-4-50(2)62(64(81)63(80)58-31-26-40-71(58)65(82)56(66)47-52-34-36-54(74)37-35-52)70-69-57(51(3)72)30-19-22-38-68-60(77)49-86-48-55(75)28-21-24-42-84-44-46-85-45-43-83-41-23-20-27-53(73)29-25-39-67-59(76)32-17-15-13-11-9-7-5-6-8-10-12-14-16-18-33-61(78)79/h34-37,50,56-58,62,69-70,74H,4-33,38-49,66H2,1-3H3,(H,67,76)(H,68,77)(H,78,79)/t50-,56-,57?,58-,62-/m0/s1. The van der Waals surface area contributed by atoms with E-state index in [1.807, 2.05) is 13.8 Å². The normalized spacial score (nSPS) is 14.6. The van der Waals surface area contributed by atoms with Crippen molar-refractivity contribution in [1.29, 1.82) is 0 Å². The predicted octanol–water partition coefficient (Wildman–Crippen LogP) is 7.91. The van der Waals surface area contributed by atoms with Gasteiger partial charge in [-0.3, -0.25) is 43.2 Å². The van der Waals surface area contributed by atoms with Crippen molar-refractivity contribution in [3.05, 3.63) is 29.8 Å². The maximum Gasteiger partial charge on any atom is 0.303 e. The number of aromatic hydroxyl groups is 1. The molecule has 8 N–H and O–H groups in total. The molecule has 1 heterocycles. The van der Waals surface area contributed by atoms with Crippen LogP contribution in [-0.4, -0.2) is 164 Å². The molecular formula is C65H110N6O15. The lowest BCUT2D eigenvalue weighted by atomic mass is 9.91. The number of ketones is 5. The van der Waals surface area contributed by atoms with Crippen molar-refractivity contribution in [2.24, 2.45) is 11.7 Å². The van der Waals surface area contributed by atoms with Crippen molar-refractivity contribution >= 4 is 52.6 Å². The first-order chi connectivity index (χ1) is 41.5. The van der Waals surface area contributed by atoms with Gasteiger partial charge in [0.05, 0.1) is 50.6 Å². The van der Waals surface area contributed by atoms with Gasteiger partial charge in [0.25, 0.3) is 0 Å². The number of unbranched alkanes of at least 4 members (excludes halogenated alkanes) is 16. The summed E-state index contributed by atoms with van der Waals surface area (Å²) < 4.78 is 22.1. The topological polar surface area (TPSA) is 308 Å². The van der Waals surface area contributed by atoms with Gasteiger partial charge >= 0.3 is 5.97 Å². The van der Waals surface area contributed by atoms with E-state index in [9.17, 15) is 48.3 Å². The van der Waals surface area contributed by atoms with Crippen LogP contribution < -0.4 is 27.2 Å². The second-order valence-electron chi connectivity index (χ2n) is 23.2. The molecule has 0 aliphatic carbocycles. The average molecular weight is 1220 g/mol. The Labute approximate surface area is 513 Å². The minimum Gasteiger partial charge on any atom is -0.508 e. The Bertz CT molecular complexity index is 2080. The molecule has 1 unspecified atom stereocenters. The monoisotopic (exact) mass is 1210 g/mol. The van der Waals surface area contributed by atoms with E-state index in [4.69, 9.17) is 29.8 Å². The van der Waals surface area contributed by atoms with Gasteiger partial charge in [-0.15, -0.1) is 0 Å². The molecule has 0 radical (unpaired) electrons. The molecule has 1 fully saturated rings. The number of aliphatic carboxylic acids is 1. The molecule has 21 nitrogen and oxygen atoms in total. The summed E-state index contributed by atoms with van der Waals surface area (Å²) in [5.74, 6) is -3.03. The number of rotatable bonds is 58. The second-order valence-corrected chi connectivity index (χ2v) is 23.2. The molecule has 490 valence electrons. The molecule has 0 aromatic heterocycles. The third kappa shape index (κ3) is 38.3. The van der Waals surface area contributed by atoms with E-state index in [1.165, 1.54) is 75.3 Å². The maximum absolute atomic E-state index is 13.8. The van der Waals surface area contributed by atoms with E-state index in [-0.39, 0.29) is 66.9 Å². The van der Waals surface area contributed by atoms with Crippen molar-refractivity contribution in [1.82, 2.24) is 26.4 Å². The molecule has 1 aliphatic rings. The summed E-state index contributed by atoms with van der Waals surface area (Å²) in [5, 5.41) is 24.0. The number of Topliss-reactive ketones (excluding diaryl/α,β-unsaturated/α-hetero) is 5. The summed E-state index contributed by atoms with van der Waals surface area (Å²) in [6, 6.07) is 2.88. The van der Waals surface area contributed by atoms with Crippen LogP contribution in [0, 0.1) is 5.92 Å². The molecule has 86 heavy (non-hydrogen) atoms. The van der Waals surface area contributed by atoms with Crippen LogP contribution in [0.3, 0.4) is 0 Å². The fourth-order valence-corrected chi connectivity index (χ4v) is 10.2. The number of ether oxygens (including phenoxy) is 4. The second kappa shape index (κ2) is 49.9. The highest BCUT2D eigenvalue weighted by atomic mass is 16.5. The van der Waals surface area contributed by atoms with Crippen molar-refractivity contribution in [3.63, 3.8) is 0 Å². The number of nitrogens with zero attached hydrogens (tertiary/aromatic N) is 1. The van der Waals surface area contributed by atoms with Gasteiger partial charge in [0, 0.05) is 65.0 Å². The number of hydrogen-bond donors (Lipinski definition) is 7. The zero-order valence-electron chi connectivity index (χ0n) is 52.6. The number of carboxylic acid groups (broad SMARTS) is 1. The van der Waals surface area contributed by atoms with Gasteiger partial charge in [0.1, 0.15) is 30.5 Å². The smallest absolute Gasteiger partial charge is 0.303 e. The number of phenolic OH excluding ortho intramolecular Hbond substituents is 1. The average Bonchev–Trinajstić information content (AvgIpc) is 3.56. The Morgan fingerprint density at radius 3 is 1.67 bits per heavy atom. The SMILES string of the molecule is CC[C@H](C)[C@H](NNC(CCCCNC(=O)COCC(=O)CCCCOCCOCCOCCCCC(=O)CCCNC(=O)CCCCCCCCCCCCCCCCC(=O)O)C(C)=O)C(=O)C(=O)[C@@H]1CCCN1C(=O)[C@@H](N)Cc1ccc(O)cc1. The predicted molar refractivity (Wildman–Crippen MR) is 330 cm³/mol. The van der Waals surface area contributed by atoms with Crippen molar-refractivity contribution in [3.8, 4) is 5.75 Å². The van der Waals surface area contributed by atoms with Gasteiger partial charge in [0.15, 0.2) is 5.78 Å². The highest BCUT2D eigenvalue weighted by Gasteiger charge is 2.42. The van der Waals surface area contributed by atoms with E-state index in [0.717, 1.165) is 56.9 Å². The molecule has 0 saturated carbocycles. The van der Waals surface area contributed by atoms with Crippen LogP contribution in [0.25, 0.3) is 0 Å². The van der Waals surface area contributed by atoms with E-state index in [0.29, 0.717) is 143 Å². The molecule has 5 atom stereocenters. The number of nitrogens with one attached hydrogen (secondary N) is 4. The summed E-state index contributed by atoms with van der Waals surface area (Å²) in [6.45, 7) is 8.68. The summed E-state index contributed by atoms with van der Waals surface area (Å²) in [4.78, 5) is 114. The van der Waals surface area contributed by atoms with E-state index < -0.39 is 47.6 Å². The van der Waals surface area contributed by atoms with Crippen LogP contribution in [0.1, 0.15) is 219 Å². The van der Waals surface area contributed by atoms with Crippen LogP contribution in [-0.2, 0) is 68.5 Å². The highest BCUT2D eigenvalue weighted by molar-refractivity contribution is 6.41.